The van der Waals surface area contributed by atoms with Crippen LogP contribution in [-0.4, -0.2) is 50.6 Å². The molecule has 5 rings (SSSR count). The number of fused-ring (bicyclic) bond motifs is 1. The maximum Gasteiger partial charge on any atom is 0.227 e. The smallest absolute Gasteiger partial charge is 0.227 e. The van der Waals surface area contributed by atoms with Gasteiger partial charge in [-0.25, -0.2) is 0 Å². The van der Waals surface area contributed by atoms with Crippen LogP contribution in [0.3, 0.4) is 0 Å². The normalized spacial score (nSPS) is 22.6. The van der Waals surface area contributed by atoms with Crippen LogP contribution < -0.4 is 5.32 Å². The summed E-state index contributed by atoms with van der Waals surface area (Å²) in [6.45, 7) is 4.67. The predicted octanol–water partition coefficient (Wildman–Crippen LogP) is 2.35. The van der Waals surface area contributed by atoms with Crippen molar-refractivity contribution in [3.8, 4) is 5.69 Å². The largest absolute Gasteiger partial charge is 0.335 e. The Balaban J connectivity index is 0.00000218. The van der Waals surface area contributed by atoms with Crippen LogP contribution in [0.15, 0.2) is 54.6 Å². The zero-order valence-corrected chi connectivity index (χ0v) is 17.6. The van der Waals surface area contributed by atoms with E-state index in [1.807, 2.05) is 37.3 Å². The van der Waals surface area contributed by atoms with E-state index < -0.39 is 0 Å². The fourth-order valence-electron chi connectivity index (χ4n) is 4.76. The second kappa shape index (κ2) is 8.53. The van der Waals surface area contributed by atoms with E-state index in [0.29, 0.717) is 18.3 Å². The highest BCUT2D eigenvalue weighted by atomic mass is 35.5. The average Bonchev–Trinajstić information content (AvgIpc) is 3.45. The SMILES string of the molecule is Cc1nnnn1-c1ccc(CC(=O)N2C[C@@H]3CNC[C@@H]3[C@@H]2c2ccccc2)cc1.Cl. The van der Waals surface area contributed by atoms with E-state index in [1.165, 1.54) is 5.56 Å². The molecule has 2 aliphatic rings. The Morgan fingerprint density at radius 1 is 1.10 bits per heavy atom. The zero-order chi connectivity index (χ0) is 19.8. The first-order chi connectivity index (χ1) is 14.2. The van der Waals surface area contributed by atoms with Gasteiger partial charge >= 0.3 is 0 Å². The number of nitrogens with zero attached hydrogens (tertiary/aromatic N) is 5. The lowest BCUT2D eigenvalue weighted by Gasteiger charge is -2.28. The van der Waals surface area contributed by atoms with Crippen LogP contribution in [0.2, 0.25) is 0 Å². The van der Waals surface area contributed by atoms with E-state index in [0.717, 1.165) is 36.7 Å². The molecule has 8 heteroatoms. The van der Waals surface area contributed by atoms with E-state index in [-0.39, 0.29) is 24.4 Å². The quantitative estimate of drug-likeness (QED) is 0.695. The van der Waals surface area contributed by atoms with Crippen LogP contribution >= 0.6 is 12.4 Å². The van der Waals surface area contributed by atoms with E-state index in [2.05, 4.69) is 50.0 Å². The molecule has 0 spiro atoms. The molecule has 0 aliphatic carbocycles. The summed E-state index contributed by atoms with van der Waals surface area (Å²) >= 11 is 0. The van der Waals surface area contributed by atoms with E-state index in [4.69, 9.17) is 0 Å². The van der Waals surface area contributed by atoms with Gasteiger partial charge in [0.05, 0.1) is 18.2 Å². The summed E-state index contributed by atoms with van der Waals surface area (Å²) in [5, 5.41) is 15.1. The van der Waals surface area contributed by atoms with Gasteiger partial charge in [-0.3, -0.25) is 4.79 Å². The van der Waals surface area contributed by atoms with Crippen molar-refractivity contribution in [2.75, 3.05) is 19.6 Å². The summed E-state index contributed by atoms with van der Waals surface area (Å²) in [6.07, 6.45) is 0.408. The number of hydrogen-bond acceptors (Lipinski definition) is 5. The minimum Gasteiger partial charge on any atom is -0.335 e. The molecule has 2 aliphatic heterocycles. The summed E-state index contributed by atoms with van der Waals surface area (Å²) < 4.78 is 1.69. The van der Waals surface area contributed by atoms with Crippen molar-refractivity contribution < 1.29 is 4.79 Å². The fourth-order valence-corrected chi connectivity index (χ4v) is 4.76. The number of nitrogens with one attached hydrogen (secondary N) is 1. The first kappa shape index (κ1) is 20.5. The number of carbonyl (C=O) groups excluding carboxylic acids is 1. The minimum atomic E-state index is 0. The van der Waals surface area contributed by atoms with Gasteiger partial charge in [-0.2, -0.15) is 4.68 Å². The Morgan fingerprint density at radius 2 is 1.87 bits per heavy atom. The molecule has 2 fully saturated rings. The standard InChI is InChI=1S/C22H24N6O.ClH/c1-15-24-25-26-28(15)19-9-7-16(8-10-19)11-21(29)27-14-18-12-23-13-20(18)22(27)17-5-3-2-4-6-17;/h2-10,18,20,22-23H,11-14H2,1H3;1H/t18-,20-,22-;/m0./s1. The molecule has 1 aromatic heterocycles. The molecule has 0 bridgehead atoms. The summed E-state index contributed by atoms with van der Waals surface area (Å²) in [5.74, 6) is 1.96. The number of aromatic nitrogens is 4. The number of hydrogen-bond donors (Lipinski definition) is 1. The molecule has 156 valence electrons. The van der Waals surface area contributed by atoms with Gasteiger partial charge in [0.15, 0.2) is 5.82 Å². The Kier molecular flexibility index (Phi) is 5.83. The number of aryl methyl sites for hydroxylation is 1. The summed E-state index contributed by atoms with van der Waals surface area (Å²) in [5.41, 5.74) is 3.14. The molecule has 1 N–H and O–H groups in total. The van der Waals surface area contributed by atoms with Crippen LogP contribution in [0.4, 0.5) is 0 Å². The average molecular weight is 425 g/mol. The van der Waals surface area contributed by atoms with Crippen molar-refractivity contribution in [3.63, 3.8) is 0 Å². The van der Waals surface area contributed by atoms with Crippen molar-refractivity contribution >= 4 is 18.3 Å². The van der Waals surface area contributed by atoms with Crippen molar-refractivity contribution in [1.29, 1.82) is 0 Å². The number of rotatable bonds is 4. The number of halogens is 1. The monoisotopic (exact) mass is 424 g/mol. The minimum absolute atomic E-state index is 0. The third kappa shape index (κ3) is 3.70. The molecule has 3 heterocycles. The van der Waals surface area contributed by atoms with Crippen LogP contribution in [0, 0.1) is 18.8 Å². The lowest BCUT2D eigenvalue weighted by atomic mass is 9.89. The van der Waals surface area contributed by atoms with Gasteiger partial charge in [-0.1, -0.05) is 42.5 Å². The first-order valence-electron chi connectivity index (χ1n) is 10.1. The highest BCUT2D eigenvalue weighted by Crippen LogP contribution is 2.42. The Labute approximate surface area is 181 Å². The highest BCUT2D eigenvalue weighted by molar-refractivity contribution is 5.85. The number of benzene rings is 2. The number of amides is 1. The molecule has 0 saturated carbocycles. The van der Waals surface area contributed by atoms with Crippen LogP contribution in [0.5, 0.6) is 0 Å². The molecule has 7 nitrogen and oxygen atoms in total. The van der Waals surface area contributed by atoms with Crippen molar-refractivity contribution in [3.05, 3.63) is 71.5 Å². The van der Waals surface area contributed by atoms with E-state index >= 15 is 0 Å². The van der Waals surface area contributed by atoms with Crippen molar-refractivity contribution in [2.45, 2.75) is 19.4 Å². The van der Waals surface area contributed by atoms with Gasteiger partial charge in [0, 0.05) is 25.6 Å². The molecule has 1 amide bonds. The van der Waals surface area contributed by atoms with Crippen LogP contribution in [0.1, 0.15) is 23.0 Å². The summed E-state index contributed by atoms with van der Waals surface area (Å²) in [7, 11) is 0. The second-order valence-electron chi connectivity index (χ2n) is 7.96. The summed E-state index contributed by atoms with van der Waals surface area (Å²) in [4.78, 5) is 15.4. The molecular formula is C22H25ClN6O. The van der Waals surface area contributed by atoms with Crippen LogP contribution in [0.25, 0.3) is 5.69 Å². The maximum absolute atomic E-state index is 13.3. The molecule has 0 unspecified atom stereocenters. The van der Waals surface area contributed by atoms with E-state index in [1.54, 1.807) is 4.68 Å². The Hall–Kier alpha value is -2.77. The molecule has 30 heavy (non-hydrogen) atoms. The molecule has 2 aromatic carbocycles. The summed E-state index contributed by atoms with van der Waals surface area (Å²) in [6, 6.07) is 18.5. The van der Waals surface area contributed by atoms with Gasteiger partial charge in [0.2, 0.25) is 5.91 Å². The molecule has 2 saturated heterocycles. The molecule has 3 aromatic rings. The second-order valence-corrected chi connectivity index (χ2v) is 7.96. The Bertz CT molecular complexity index is 1010. The van der Waals surface area contributed by atoms with Crippen molar-refractivity contribution in [1.82, 2.24) is 30.4 Å². The van der Waals surface area contributed by atoms with Gasteiger partial charge in [-0.05, 0) is 46.5 Å². The van der Waals surface area contributed by atoms with Gasteiger partial charge in [-0.15, -0.1) is 17.5 Å². The highest BCUT2D eigenvalue weighted by Gasteiger charge is 2.46. The predicted molar refractivity (Wildman–Crippen MR) is 116 cm³/mol. The zero-order valence-electron chi connectivity index (χ0n) is 16.8. The molecular weight excluding hydrogens is 400 g/mol. The molecule has 0 radical (unpaired) electrons. The number of carbonyl (C=O) groups is 1. The number of tetrazole rings is 1. The lowest BCUT2D eigenvalue weighted by molar-refractivity contribution is -0.131. The fraction of sp³-hybridized carbons (Fsp3) is 0.364. The lowest BCUT2D eigenvalue weighted by Crippen LogP contribution is -2.35. The third-order valence-electron chi connectivity index (χ3n) is 6.19. The molecule has 3 atom stereocenters. The first-order valence-corrected chi connectivity index (χ1v) is 10.1. The van der Waals surface area contributed by atoms with Gasteiger partial charge in [0.1, 0.15) is 0 Å². The Morgan fingerprint density at radius 3 is 2.57 bits per heavy atom. The maximum atomic E-state index is 13.3. The number of likely N-dealkylation sites (tertiary alicyclic amines) is 1. The van der Waals surface area contributed by atoms with E-state index in [9.17, 15) is 4.79 Å². The topological polar surface area (TPSA) is 75.9 Å². The van der Waals surface area contributed by atoms with Crippen LogP contribution in [-0.2, 0) is 11.2 Å². The van der Waals surface area contributed by atoms with Crippen molar-refractivity contribution in [2.24, 2.45) is 11.8 Å². The van der Waals surface area contributed by atoms with Gasteiger partial charge < -0.3 is 10.2 Å². The van der Waals surface area contributed by atoms with Gasteiger partial charge in [0.25, 0.3) is 0 Å². The third-order valence-corrected chi connectivity index (χ3v) is 6.19.